The summed E-state index contributed by atoms with van der Waals surface area (Å²) in [5.74, 6) is 2.06. The van der Waals surface area contributed by atoms with E-state index in [0.29, 0.717) is 12.4 Å². The number of hydrogen-bond donors (Lipinski definition) is 2. The number of rotatable bonds is 4. The number of nitrogen functional groups attached to an aromatic ring is 1. The van der Waals surface area contributed by atoms with E-state index in [1.165, 1.54) is 6.33 Å². The molecule has 0 amide bonds. The predicted molar refractivity (Wildman–Crippen MR) is 64.4 cm³/mol. The molecule has 2 rings (SSSR count). The van der Waals surface area contributed by atoms with Crippen molar-refractivity contribution in [1.82, 2.24) is 15.1 Å². The summed E-state index contributed by atoms with van der Waals surface area (Å²) in [5, 5.41) is 7.08. The van der Waals surface area contributed by atoms with Crippen molar-refractivity contribution in [3.05, 3.63) is 29.4 Å². The average Bonchev–Trinajstić information content (AvgIpc) is 2.72. The quantitative estimate of drug-likeness (QED) is 0.832. The Labute approximate surface area is 99.2 Å². The first kappa shape index (κ1) is 11.4. The van der Waals surface area contributed by atoms with Gasteiger partial charge in [-0.1, -0.05) is 12.1 Å². The zero-order chi connectivity index (χ0) is 12.3. The fourth-order valence-electron chi connectivity index (χ4n) is 1.60. The normalized spacial score (nSPS) is 10.5. The molecule has 0 unspecified atom stereocenters. The Bertz CT molecular complexity index is 508. The molecule has 0 radical (unpaired) electrons. The third kappa shape index (κ3) is 2.52. The first-order valence-electron chi connectivity index (χ1n) is 5.46. The molecule has 6 heteroatoms. The molecule has 0 aliphatic carbocycles. The van der Waals surface area contributed by atoms with Gasteiger partial charge in [-0.15, -0.1) is 0 Å². The Morgan fingerprint density at radius 2 is 2.24 bits per heavy atom. The van der Waals surface area contributed by atoms with Crippen LogP contribution in [-0.4, -0.2) is 15.1 Å². The van der Waals surface area contributed by atoms with Gasteiger partial charge in [-0.2, -0.15) is 0 Å². The van der Waals surface area contributed by atoms with Gasteiger partial charge in [0, 0.05) is 11.6 Å². The molecule has 17 heavy (non-hydrogen) atoms. The molecular weight excluding hydrogens is 218 g/mol. The summed E-state index contributed by atoms with van der Waals surface area (Å²) in [4.78, 5) is 8.13. The van der Waals surface area contributed by atoms with Crippen LogP contribution in [0, 0.1) is 6.92 Å². The second kappa shape index (κ2) is 4.82. The van der Waals surface area contributed by atoms with Gasteiger partial charge >= 0.3 is 0 Å². The van der Waals surface area contributed by atoms with E-state index in [1.54, 1.807) is 0 Å². The van der Waals surface area contributed by atoms with Crippen molar-refractivity contribution in [1.29, 1.82) is 0 Å². The SMILES string of the molecule is CCc1c(N)ncnc1NCc1cc(C)on1. The molecule has 0 fully saturated rings. The van der Waals surface area contributed by atoms with Gasteiger partial charge in [-0.3, -0.25) is 0 Å². The van der Waals surface area contributed by atoms with Crippen LogP contribution in [0.15, 0.2) is 16.9 Å². The van der Waals surface area contributed by atoms with Crippen LogP contribution in [0.25, 0.3) is 0 Å². The Morgan fingerprint density at radius 3 is 2.88 bits per heavy atom. The van der Waals surface area contributed by atoms with Crippen LogP contribution in [-0.2, 0) is 13.0 Å². The molecule has 6 nitrogen and oxygen atoms in total. The van der Waals surface area contributed by atoms with Crippen molar-refractivity contribution in [3.63, 3.8) is 0 Å². The summed E-state index contributed by atoms with van der Waals surface area (Å²) in [6.45, 7) is 4.43. The van der Waals surface area contributed by atoms with Gasteiger partial charge in [0.2, 0.25) is 0 Å². The molecular formula is C11H15N5O. The molecule has 0 aliphatic rings. The Balaban J connectivity index is 2.11. The van der Waals surface area contributed by atoms with E-state index in [0.717, 1.165) is 29.3 Å². The molecule has 90 valence electrons. The average molecular weight is 233 g/mol. The molecule has 0 aromatic carbocycles. The number of hydrogen-bond acceptors (Lipinski definition) is 6. The monoisotopic (exact) mass is 233 g/mol. The van der Waals surface area contributed by atoms with E-state index in [-0.39, 0.29) is 0 Å². The molecule has 0 atom stereocenters. The maximum atomic E-state index is 5.78. The molecule has 0 bridgehead atoms. The fraction of sp³-hybridized carbons (Fsp3) is 0.364. The number of anilines is 2. The molecule has 2 heterocycles. The van der Waals surface area contributed by atoms with Gasteiger partial charge in [-0.25, -0.2) is 9.97 Å². The van der Waals surface area contributed by atoms with Crippen molar-refractivity contribution in [2.45, 2.75) is 26.8 Å². The Hall–Kier alpha value is -2.11. The Morgan fingerprint density at radius 1 is 1.41 bits per heavy atom. The first-order chi connectivity index (χ1) is 8.20. The zero-order valence-corrected chi connectivity index (χ0v) is 9.90. The zero-order valence-electron chi connectivity index (χ0n) is 9.90. The maximum Gasteiger partial charge on any atom is 0.135 e. The van der Waals surface area contributed by atoms with E-state index >= 15 is 0 Å². The highest BCUT2D eigenvalue weighted by atomic mass is 16.5. The van der Waals surface area contributed by atoms with Crippen molar-refractivity contribution in [2.75, 3.05) is 11.1 Å². The van der Waals surface area contributed by atoms with Crippen LogP contribution >= 0.6 is 0 Å². The van der Waals surface area contributed by atoms with E-state index in [9.17, 15) is 0 Å². The summed E-state index contributed by atoms with van der Waals surface area (Å²) in [6.07, 6.45) is 2.23. The minimum absolute atomic E-state index is 0.515. The molecule has 0 spiro atoms. The van der Waals surface area contributed by atoms with Crippen LogP contribution in [0.2, 0.25) is 0 Å². The topological polar surface area (TPSA) is 89.9 Å². The number of nitrogens with one attached hydrogen (secondary N) is 1. The van der Waals surface area contributed by atoms with Gasteiger partial charge in [0.15, 0.2) is 0 Å². The van der Waals surface area contributed by atoms with Crippen molar-refractivity contribution in [3.8, 4) is 0 Å². The minimum atomic E-state index is 0.515. The maximum absolute atomic E-state index is 5.78. The number of aromatic nitrogens is 3. The van der Waals surface area contributed by atoms with Crippen LogP contribution in [0.5, 0.6) is 0 Å². The second-order valence-corrected chi connectivity index (χ2v) is 3.72. The standard InChI is InChI=1S/C11H15N5O/c1-3-9-10(12)14-6-15-11(9)13-5-8-4-7(2)17-16-8/h4,6H,3,5H2,1-2H3,(H3,12,13,14,15). The number of nitrogens with two attached hydrogens (primary N) is 1. The third-order valence-electron chi connectivity index (χ3n) is 2.45. The second-order valence-electron chi connectivity index (χ2n) is 3.72. The van der Waals surface area contributed by atoms with E-state index in [2.05, 4.69) is 20.4 Å². The van der Waals surface area contributed by atoms with Crippen LogP contribution in [0.3, 0.4) is 0 Å². The molecule has 3 N–H and O–H groups in total. The van der Waals surface area contributed by atoms with Crippen molar-refractivity contribution in [2.24, 2.45) is 0 Å². The smallest absolute Gasteiger partial charge is 0.135 e. The van der Waals surface area contributed by atoms with E-state index < -0.39 is 0 Å². The summed E-state index contributed by atoms with van der Waals surface area (Å²) in [7, 11) is 0. The lowest BCUT2D eigenvalue weighted by atomic mass is 10.2. The summed E-state index contributed by atoms with van der Waals surface area (Å²) < 4.78 is 4.99. The summed E-state index contributed by atoms with van der Waals surface area (Å²) in [6, 6.07) is 1.88. The number of aryl methyl sites for hydroxylation is 1. The largest absolute Gasteiger partial charge is 0.383 e. The highest BCUT2D eigenvalue weighted by Gasteiger charge is 2.07. The summed E-state index contributed by atoms with van der Waals surface area (Å²) >= 11 is 0. The van der Waals surface area contributed by atoms with Crippen LogP contribution < -0.4 is 11.1 Å². The van der Waals surface area contributed by atoms with Crippen molar-refractivity contribution < 1.29 is 4.52 Å². The molecule has 0 aliphatic heterocycles. The third-order valence-corrected chi connectivity index (χ3v) is 2.45. The first-order valence-corrected chi connectivity index (χ1v) is 5.46. The van der Waals surface area contributed by atoms with E-state index in [1.807, 2.05) is 19.9 Å². The van der Waals surface area contributed by atoms with Gasteiger partial charge < -0.3 is 15.6 Å². The van der Waals surface area contributed by atoms with Gasteiger partial charge in [0.05, 0.1) is 6.54 Å². The van der Waals surface area contributed by atoms with Gasteiger partial charge in [-0.05, 0) is 13.3 Å². The van der Waals surface area contributed by atoms with Gasteiger partial charge in [0.1, 0.15) is 29.4 Å². The van der Waals surface area contributed by atoms with Crippen molar-refractivity contribution >= 4 is 11.6 Å². The number of nitrogens with zero attached hydrogens (tertiary/aromatic N) is 3. The van der Waals surface area contributed by atoms with Crippen LogP contribution in [0.1, 0.15) is 23.9 Å². The summed E-state index contributed by atoms with van der Waals surface area (Å²) in [5.41, 5.74) is 7.54. The lowest BCUT2D eigenvalue weighted by Gasteiger charge is -2.09. The highest BCUT2D eigenvalue weighted by molar-refractivity contribution is 5.54. The minimum Gasteiger partial charge on any atom is -0.383 e. The van der Waals surface area contributed by atoms with E-state index in [4.69, 9.17) is 10.3 Å². The molecule has 2 aromatic heterocycles. The Kier molecular flexibility index (Phi) is 3.22. The van der Waals surface area contributed by atoms with Crippen LogP contribution in [0.4, 0.5) is 11.6 Å². The molecule has 2 aromatic rings. The molecule has 0 saturated heterocycles. The fourth-order valence-corrected chi connectivity index (χ4v) is 1.60. The lowest BCUT2D eigenvalue weighted by molar-refractivity contribution is 0.391. The highest BCUT2D eigenvalue weighted by Crippen LogP contribution is 2.18. The lowest BCUT2D eigenvalue weighted by Crippen LogP contribution is -2.08. The predicted octanol–water partition coefficient (Wildman–Crippen LogP) is 1.53. The molecule has 0 saturated carbocycles. The van der Waals surface area contributed by atoms with Gasteiger partial charge in [0.25, 0.3) is 0 Å².